The Morgan fingerprint density at radius 2 is 1.48 bits per heavy atom. The number of carbonyl (C=O) groups excluding carboxylic acids is 1. The van der Waals surface area contributed by atoms with Crippen molar-refractivity contribution in [2.24, 2.45) is 5.92 Å². The quantitative estimate of drug-likeness (QED) is 0.455. The second kappa shape index (κ2) is 13.7. The van der Waals surface area contributed by atoms with Crippen LogP contribution in [0.4, 0.5) is 4.79 Å². The molecule has 0 rings (SSSR count). The summed E-state index contributed by atoms with van der Waals surface area (Å²) in [6, 6.07) is -0.266. The lowest BCUT2D eigenvalue weighted by atomic mass is 10.1. The predicted octanol–water partition coefficient (Wildman–Crippen LogP) is 3.54. The third kappa shape index (κ3) is 12.2. The van der Waals surface area contributed by atoms with Crippen LogP contribution in [0.25, 0.3) is 0 Å². The molecule has 0 aliphatic carbocycles. The van der Waals surface area contributed by atoms with Crippen molar-refractivity contribution < 1.29 is 14.7 Å². The van der Waals surface area contributed by atoms with Gasteiger partial charge >= 0.3 is 12.0 Å². The van der Waals surface area contributed by atoms with Crippen LogP contribution in [0.3, 0.4) is 0 Å². The van der Waals surface area contributed by atoms with Crippen molar-refractivity contribution in [2.45, 2.75) is 71.6 Å². The van der Waals surface area contributed by atoms with E-state index in [0.29, 0.717) is 13.0 Å². The molecule has 21 heavy (non-hydrogen) atoms. The van der Waals surface area contributed by atoms with Gasteiger partial charge in [-0.25, -0.2) is 4.79 Å². The standard InChI is InChI=1S/C16H32N2O3/c1-3-5-6-7-8-9-10-11-12-17-16(21)18-13-14(4-2)15(19)20/h14H,3-13H2,1-2H3,(H,19,20)(H2,17,18,21). The average molecular weight is 300 g/mol. The third-order valence-corrected chi connectivity index (χ3v) is 3.67. The van der Waals surface area contributed by atoms with Gasteiger partial charge in [0.2, 0.25) is 0 Å². The lowest BCUT2D eigenvalue weighted by molar-refractivity contribution is -0.141. The van der Waals surface area contributed by atoms with Crippen molar-refractivity contribution in [1.82, 2.24) is 10.6 Å². The number of urea groups is 1. The second-order valence-corrected chi connectivity index (χ2v) is 5.56. The molecule has 2 amide bonds. The highest BCUT2D eigenvalue weighted by Gasteiger charge is 2.15. The van der Waals surface area contributed by atoms with Crippen molar-refractivity contribution in [2.75, 3.05) is 13.1 Å². The minimum absolute atomic E-state index is 0.190. The van der Waals surface area contributed by atoms with E-state index in [1.165, 1.54) is 38.5 Å². The van der Waals surface area contributed by atoms with Gasteiger partial charge in [-0.2, -0.15) is 0 Å². The number of carboxylic acids is 1. The van der Waals surface area contributed by atoms with E-state index in [4.69, 9.17) is 5.11 Å². The highest BCUT2D eigenvalue weighted by atomic mass is 16.4. The predicted molar refractivity (Wildman–Crippen MR) is 85.4 cm³/mol. The van der Waals surface area contributed by atoms with Gasteiger partial charge in [-0.3, -0.25) is 4.79 Å². The zero-order valence-electron chi connectivity index (χ0n) is 13.6. The van der Waals surface area contributed by atoms with E-state index in [1.54, 1.807) is 6.92 Å². The summed E-state index contributed by atoms with van der Waals surface area (Å²) in [5.74, 6) is -1.36. The van der Waals surface area contributed by atoms with E-state index < -0.39 is 11.9 Å². The summed E-state index contributed by atoms with van der Waals surface area (Å²) in [6.45, 7) is 4.87. The van der Waals surface area contributed by atoms with E-state index in [2.05, 4.69) is 17.6 Å². The van der Waals surface area contributed by atoms with Gasteiger partial charge in [-0.1, -0.05) is 58.8 Å². The first-order chi connectivity index (χ1) is 10.1. The maximum atomic E-state index is 11.5. The molecule has 0 bridgehead atoms. The van der Waals surface area contributed by atoms with Crippen LogP contribution < -0.4 is 10.6 Å². The Bertz CT molecular complexity index is 283. The molecule has 0 aliphatic rings. The molecule has 5 heteroatoms. The molecule has 5 nitrogen and oxygen atoms in total. The maximum Gasteiger partial charge on any atom is 0.314 e. The number of carbonyl (C=O) groups is 2. The van der Waals surface area contributed by atoms with Gasteiger partial charge in [-0.05, 0) is 12.8 Å². The average Bonchev–Trinajstić information content (AvgIpc) is 2.45. The molecule has 124 valence electrons. The van der Waals surface area contributed by atoms with Crippen LogP contribution in [0.2, 0.25) is 0 Å². The Morgan fingerprint density at radius 1 is 0.905 bits per heavy atom. The van der Waals surface area contributed by atoms with Crippen molar-refractivity contribution in [3.8, 4) is 0 Å². The maximum absolute atomic E-state index is 11.5. The summed E-state index contributed by atoms with van der Waals surface area (Å²) in [6.07, 6.45) is 10.4. The number of hydrogen-bond donors (Lipinski definition) is 3. The zero-order chi connectivity index (χ0) is 15.9. The van der Waals surface area contributed by atoms with Gasteiger partial charge in [0.05, 0.1) is 5.92 Å². The fraction of sp³-hybridized carbons (Fsp3) is 0.875. The van der Waals surface area contributed by atoms with Crippen LogP contribution >= 0.6 is 0 Å². The monoisotopic (exact) mass is 300 g/mol. The van der Waals surface area contributed by atoms with Gasteiger partial charge in [-0.15, -0.1) is 0 Å². The molecule has 0 aromatic carbocycles. The Kier molecular flexibility index (Phi) is 12.9. The molecular weight excluding hydrogens is 268 g/mol. The highest BCUT2D eigenvalue weighted by Crippen LogP contribution is 2.07. The summed E-state index contributed by atoms with van der Waals surface area (Å²) in [5, 5.41) is 14.2. The van der Waals surface area contributed by atoms with Gasteiger partial charge in [0.1, 0.15) is 0 Å². The first-order valence-corrected chi connectivity index (χ1v) is 8.36. The topological polar surface area (TPSA) is 78.4 Å². The van der Waals surface area contributed by atoms with Crippen molar-refractivity contribution in [3.05, 3.63) is 0 Å². The number of nitrogens with one attached hydrogen (secondary N) is 2. The molecule has 0 spiro atoms. The molecule has 0 aliphatic heterocycles. The molecule has 0 heterocycles. The Labute approximate surface area is 128 Å². The third-order valence-electron chi connectivity index (χ3n) is 3.67. The number of aliphatic carboxylic acids is 1. The Hall–Kier alpha value is -1.26. The largest absolute Gasteiger partial charge is 0.481 e. The highest BCUT2D eigenvalue weighted by molar-refractivity contribution is 5.75. The van der Waals surface area contributed by atoms with E-state index in [-0.39, 0.29) is 12.6 Å². The molecule has 0 aromatic rings. The number of amides is 2. The second-order valence-electron chi connectivity index (χ2n) is 5.56. The summed E-state index contributed by atoms with van der Waals surface area (Å²) < 4.78 is 0. The van der Waals surface area contributed by atoms with Crippen molar-refractivity contribution in [1.29, 1.82) is 0 Å². The molecule has 0 saturated carbocycles. The van der Waals surface area contributed by atoms with Crippen LogP contribution in [0.1, 0.15) is 71.6 Å². The van der Waals surface area contributed by atoms with Crippen LogP contribution in [0.5, 0.6) is 0 Å². The molecule has 1 atom stereocenters. The minimum atomic E-state index is -0.860. The van der Waals surface area contributed by atoms with E-state index in [9.17, 15) is 9.59 Å². The first-order valence-electron chi connectivity index (χ1n) is 8.36. The summed E-state index contributed by atoms with van der Waals surface area (Å²) in [4.78, 5) is 22.3. The fourth-order valence-electron chi connectivity index (χ4n) is 2.15. The van der Waals surface area contributed by atoms with Gasteiger partial charge < -0.3 is 15.7 Å². The van der Waals surface area contributed by atoms with Crippen LogP contribution in [-0.4, -0.2) is 30.2 Å². The molecule has 0 fully saturated rings. The van der Waals surface area contributed by atoms with Crippen molar-refractivity contribution in [3.63, 3.8) is 0 Å². The number of carboxylic acid groups (broad SMARTS) is 1. The Balaban J connectivity index is 3.39. The summed E-state index contributed by atoms with van der Waals surface area (Å²) in [5.41, 5.74) is 0. The van der Waals surface area contributed by atoms with Gasteiger partial charge in [0.25, 0.3) is 0 Å². The number of unbranched alkanes of at least 4 members (excludes halogenated alkanes) is 7. The van der Waals surface area contributed by atoms with Crippen LogP contribution in [-0.2, 0) is 4.79 Å². The molecular formula is C16H32N2O3. The molecule has 0 aromatic heterocycles. The molecule has 1 unspecified atom stereocenters. The van der Waals surface area contributed by atoms with Crippen LogP contribution in [0.15, 0.2) is 0 Å². The molecule has 0 radical (unpaired) electrons. The normalized spacial score (nSPS) is 11.9. The first kappa shape index (κ1) is 19.7. The summed E-state index contributed by atoms with van der Waals surface area (Å²) in [7, 11) is 0. The van der Waals surface area contributed by atoms with Gasteiger partial charge in [0, 0.05) is 13.1 Å². The lowest BCUT2D eigenvalue weighted by Crippen LogP contribution is -2.40. The lowest BCUT2D eigenvalue weighted by Gasteiger charge is -2.11. The van der Waals surface area contributed by atoms with E-state index >= 15 is 0 Å². The SMILES string of the molecule is CCCCCCCCCCNC(=O)NCC(CC)C(=O)O. The minimum Gasteiger partial charge on any atom is -0.481 e. The fourth-order valence-corrected chi connectivity index (χ4v) is 2.15. The smallest absolute Gasteiger partial charge is 0.314 e. The van der Waals surface area contributed by atoms with Crippen LogP contribution in [0, 0.1) is 5.92 Å². The van der Waals surface area contributed by atoms with E-state index in [1.807, 2.05) is 0 Å². The number of rotatable bonds is 13. The zero-order valence-corrected chi connectivity index (χ0v) is 13.6. The Morgan fingerprint density at radius 3 is 2.00 bits per heavy atom. The summed E-state index contributed by atoms with van der Waals surface area (Å²) >= 11 is 0. The number of hydrogen-bond acceptors (Lipinski definition) is 2. The molecule has 3 N–H and O–H groups in total. The van der Waals surface area contributed by atoms with E-state index in [0.717, 1.165) is 12.8 Å². The van der Waals surface area contributed by atoms with Gasteiger partial charge in [0.15, 0.2) is 0 Å². The van der Waals surface area contributed by atoms with Crippen molar-refractivity contribution >= 4 is 12.0 Å². The molecule has 0 saturated heterocycles.